The van der Waals surface area contributed by atoms with E-state index in [0.717, 1.165) is 25.5 Å². The molecule has 2 aromatic rings. The van der Waals surface area contributed by atoms with Gasteiger partial charge in [0.2, 0.25) is 11.9 Å². The SMILES string of the molecule is CC(C)Nc1nc(S(C)(=O)=O)cc2cnc(NC(=O)[C@H]3CCC[C@@H](N)C3)nc12.Cl. The first-order valence-electron chi connectivity index (χ1n) is 9.34. The number of aromatic nitrogens is 3. The van der Waals surface area contributed by atoms with Crippen LogP contribution in [0.1, 0.15) is 39.5 Å². The van der Waals surface area contributed by atoms with Gasteiger partial charge in [-0.15, -0.1) is 12.4 Å². The van der Waals surface area contributed by atoms with E-state index in [-0.39, 0.29) is 47.3 Å². The molecule has 9 nitrogen and oxygen atoms in total. The predicted molar refractivity (Wildman–Crippen MR) is 115 cm³/mol. The smallest absolute Gasteiger partial charge is 0.230 e. The molecule has 1 saturated carbocycles. The average molecular weight is 443 g/mol. The van der Waals surface area contributed by atoms with Crippen molar-refractivity contribution < 1.29 is 13.2 Å². The lowest BCUT2D eigenvalue weighted by atomic mass is 9.85. The molecule has 0 radical (unpaired) electrons. The minimum Gasteiger partial charge on any atom is -0.366 e. The molecule has 2 heterocycles. The number of anilines is 2. The normalized spacial score (nSPS) is 19.6. The lowest BCUT2D eigenvalue weighted by molar-refractivity contribution is -0.120. The van der Waals surface area contributed by atoms with Crippen LogP contribution in [0, 0.1) is 5.92 Å². The second-order valence-corrected chi connectivity index (χ2v) is 9.59. The van der Waals surface area contributed by atoms with Gasteiger partial charge in [0.25, 0.3) is 0 Å². The summed E-state index contributed by atoms with van der Waals surface area (Å²) in [7, 11) is -3.49. The Hall–Kier alpha value is -2.04. The Morgan fingerprint density at radius 2 is 2.00 bits per heavy atom. The van der Waals surface area contributed by atoms with Gasteiger partial charge in [0.1, 0.15) is 5.52 Å². The fraction of sp³-hybridized carbons (Fsp3) is 0.556. The zero-order valence-corrected chi connectivity index (χ0v) is 18.3. The molecule has 0 spiro atoms. The van der Waals surface area contributed by atoms with Gasteiger partial charge in [0, 0.05) is 35.8 Å². The highest BCUT2D eigenvalue weighted by Crippen LogP contribution is 2.26. The van der Waals surface area contributed by atoms with Gasteiger partial charge in [-0.25, -0.2) is 23.4 Å². The van der Waals surface area contributed by atoms with Crippen LogP contribution in [-0.2, 0) is 14.6 Å². The second-order valence-electron chi connectivity index (χ2n) is 7.62. The minimum absolute atomic E-state index is 0. The average Bonchev–Trinajstić information content (AvgIpc) is 2.60. The van der Waals surface area contributed by atoms with Crippen LogP contribution in [0.25, 0.3) is 10.9 Å². The number of carbonyl (C=O) groups is 1. The van der Waals surface area contributed by atoms with Gasteiger partial charge in [-0.3, -0.25) is 10.1 Å². The Kier molecular flexibility index (Phi) is 7.36. The summed E-state index contributed by atoms with van der Waals surface area (Å²) >= 11 is 0. The van der Waals surface area contributed by atoms with Crippen LogP contribution in [0.3, 0.4) is 0 Å². The number of nitrogens with two attached hydrogens (primary N) is 1. The molecule has 2 aromatic heterocycles. The van der Waals surface area contributed by atoms with E-state index in [4.69, 9.17) is 5.73 Å². The first-order chi connectivity index (χ1) is 13.1. The van der Waals surface area contributed by atoms with Crippen molar-refractivity contribution >= 4 is 50.8 Å². The van der Waals surface area contributed by atoms with E-state index in [0.29, 0.717) is 23.1 Å². The van der Waals surface area contributed by atoms with E-state index in [1.165, 1.54) is 12.3 Å². The molecule has 3 rings (SSSR count). The Labute approximate surface area is 176 Å². The maximum Gasteiger partial charge on any atom is 0.230 e. The molecule has 29 heavy (non-hydrogen) atoms. The van der Waals surface area contributed by atoms with E-state index < -0.39 is 9.84 Å². The first kappa shape index (κ1) is 23.2. The molecular formula is C18H27ClN6O3S. The van der Waals surface area contributed by atoms with Crippen molar-refractivity contribution in [1.29, 1.82) is 0 Å². The third kappa shape index (κ3) is 5.74. The number of amides is 1. The van der Waals surface area contributed by atoms with Crippen molar-refractivity contribution in [3.05, 3.63) is 12.3 Å². The lowest BCUT2D eigenvalue weighted by Gasteiger charge is -2.25. The van der Waals surface area contributed by atoms with E-state index in [1.54, 1.807) is 0 Å². The molecule has 0 aliphatic heterocycles. The number of nitrogens with zero attached hydrogens (tertiary/aromatic N) is 3. The summed E-state index contributed by atoms with van der Waals surface area (Å²) in [5.41, 5.74) is 6.42. The summed E-state index contributed by atoms with van der Waals surface area (Å²) in [4.78, 5) is 25.3. The Balaban J connectivity index is 0.00000300. The summed E-state index contributed by atoms with van der Waals surface area (Å²) in [6.45, 7) is 3.83. The highest BCUT2D eigenvalue weighted by atomic mass is 35.5. The van der Waals surface area contributed by atoms with Crippen molar-refractivity contribution in [2.75, 3.05) is 16.9 Å². The molecule has 0 unspecified atom stereocenters. The van der Waals surface area contributed by atoms with Gasteiger partial charge >= 0.3 is 0 Å². The summed E-state index contributed by atoms with van der Waals surface area (Å²) in [6.07, 6.45) is 5.91. The van der Waals surface area contributed by atoms with Crippen LogP contribution in [0.15, 0.2) is 17.3 Å². The quantitative estimate of drug-likeness (QED) is 0.639. The Morgan fingerprint density at radius 3 is 2.62 bits per heavy atom. The molecule has 0 bridgehead atoms. The maximum absolute atomic E-state index is 12.5. The maximum atomic E-state index is 12.5. The van der Waals surface area contributed by atoms with Crippen molar-refractivity contribution in [1.82, 2.24) is 15.0 Å². The summed E-state index contributed by atoms with van der Waals surface area (Å²) in [5, 5.41) is 6.34. The van der Waals surface area contributed by atoms with Crippen LogP contribution < -0.4 is 16.4 Å². The van der Waals surface area contributed by atoms with Gasteiger partial charge in [-0.05, 0) is 39.2 Å². The third-order valence-corrected chi connectivity index (χ3v) is 5.64. The zero-order chi connectivity index (χ0) is 20.5. The molecule has 1 fully saturated rings. The van der Waals surface area contributed by atoms with Gasteiger partial charge < -0.3 is 11.1 Å². The third-order valence-electron chi connectivity index (χ3n) is 4.67. The number of sulfone groups is 1. The van der Waals surface area contributed by atoms with Crippen molar-refractivity contribution in [2.24, 2.45) is 11.7 Å². The minimum atomic E-state index is -3.49. The van der Waals surface area contributed by atoms with Crippen LogP contribution >= 0.6 is 12.4 Å². The molecular weight excluding hydrogens is 416 g/mol. The van der Waals surface area contributed by atoms with Crippen LogP contribution in [-0.4, -0.2) is 47.6 Å². The summed E-state index contributed by atoms with van der Waals surface area (Å²) < 4.78 is 23.9. The molecule has 0 saturated heterocycles. The van der Waals surface area contributed by atoms with E-state index >= 15 is 0 Å². The second kappa shape index (κ2) is 9.19. The van der Waals surface area contributed by atoms with Crippen LogP contribution in [0.4, 0.5) is 11.8 Å². The van der Waals surface area contributed by atoms with Crippen LogP contribution in [0.2, 0.25) is 0 Å². The van der Waals surface area contributed by atoms with Crippen molar-refractivity contribution in [2.45, 2.75) is 56.6 Å². The number of rotatable bonds is 5. The number of halogens is 1. The van der Waals surface area contributed by atoms with Gasteiger partial charge in [0.05, 0.1) is 0 Å². The lowest BCUT2D eigenvalue weighted by Crippen LogP contribution is -2.34. The monoisotopic (exact) mass is 442 g/mol. The number of hydrogen-bond acceptors (Lipinski definition) is 8. The molecule has 2 atom stereocenters. The van der Waals surface area contributed by atoms with Crippen molar-refractivity contribution in [3.63, 3.8) is 0 Å². The molecule has 1 amide bonds. The molecule has 4 N–H and O–H groups in total. The Bertz CT molecular complexity index is 998. The first-order valence-corrected chi connectivity index (χ1v) is 11.2. The topological polar surface area (TPSA) is 140 Å². The molecule has 11 heteroatoms. The summed E-state index contributed by atoms with van der Waals surface area (Å²) in [5.74, 6) is 0.207. The number of fused-ring (bicyclic) bond motifs is 1. The van der Waals surface area contributed by atoms with Crippen LogP contribution in [0.5, 0.6) is 0 Å². The number of nitrogens with one attached hydrogen (secondary N) is 2. The van der Waals surface area contributed by atoms with E-state index in [1.807, 2.05) is 13.8 Å². The van der Waals surface area contributed by atoms with E-state index in [9.17, 15) is 13.2 Å². The van der Waals surface area contributed by atoms with Gasteiger partial charge in [-0.2, -0.15) is 0 Å². The number of carbonyl (C=O) groups excluding carboxylic acids is 1. The Morgan fingerprint density at radius 1 is 1.28 bits per heavy atom. The molecule has 1 aliphatic rings. The van der Waals surface area contributed by atoms with Crippen molar-refractivity contribution in [3.8, 4) is 0 Å². The molecule has 160 valence electrons. The highest BCUT2D eigenvalue weighted by molar-refractivity contribution is 7.90. The molecule has 1 aliphatic carbocycles. The standard InChI is InChI=1S/C18H26N6O3S.ClH/c1-10(2)21-16-15-12(8-14(22-16)28(3,26)27)9-20-18(23-15)24-17(25)11-5-4-6-13(19)7-11;/h8-11,13H,4-7,19H2,1-3H3,(H,21,22)(H,20,23,24,25);1H/t11-,13+;/m0./s1. The summed E-state index contributed by atoms with van der Waals surface area (Å²) in [6, 6.07) is 1.49. The highest BCUT2D eigenvalue weighted by Gasteiger charge is 2.26. The molecule has 0 aromatic carbocycles. The number of hydrogen-bond donors (Lipinski definition) is 3. The van der Waals surface area contributed by atoms with E-state index in [2.05, 4.69) is 25.6 Å². The number of pyridine rings is 1. The predicted octanol–water partition coefficient (Wildman–Crippen LogP) is 2.13. The fourth-order valence-corrected chi connectivity index (χ4v) is 3.92. The van der Waals surface area contributed by atoms with Gasteiger partial charge in [0.15, 0.2) is 20.7 Å². The largest absolute Gasteiger partial charge is 0.366 e. The fourth-order valence-electron chi connectivity index (χ4n) is 3.32. The zero-order valence-electron chi connectivity index (χ0n) is 16.7. The van der Waals surface area contributed by atoms with Gasteiger partial charge in [-0.1, -0.05) is 6.42 Å².